The maximum Gasteiger partial charge on any atom is 0.221 e. The van der Waals surface area contributed by atoms with Gasteiger partial charge in [-0.25, -0.2) is 0 Å². The lowest BCUT2D eigenvalue weighted by Crippen LogP contribution is -2.50. The van der Waals surface area contributed by atoms with E-state index in [4.69, 9.17) is 5.73 Å². The van der Waals surface area contributed by atoms with Gasteiger partial charge in [-0.2, -0.15) is 0 Å². The molecular formula is C10H19N3O. The van der Waals surface area contributed by atoms with Crippen LogP contribution in [-0.4, -0.2) is 43.0 Å². The van der Waals surface area contributed by atoms with Gasteiger partial charge in [-0.15, -0.1) is 0 Å². The highest BCUT2D eigenvalue weighted by molar-refractivity contribution is 5.76. The molecule has 1 aliphatic heterocycles. The topological polar surface area (TPSA) is 58.4 Å². The van der Waals surface area contributed by atoms with Crippen LogP contribution < -0.4 is 11.1 Å². The van der Waals surface area contributed by atoms with Crippen LogP contribution in [0.5, 0.6) is 0 Å². The Bertz CT molecular complexity index is 209. The van der Waals surface area contributed by atoms with Gasteiger partial charge in [-0.05, 0) is 25.3 Å². The zero-order chi connectivity index (χ0) is 9.97. The summed E-state index contributed by atoms with van der Waals surface area (Å²) in [6.07, 6.45) is 2.99. The van der Waals surface area contributed by atoms with Crippen LogP contribution >= 0.6 is 0 Å². The van der Waals surface area contributed by atoms with Crippen molar-refractivity contribution in [2.75, 3.05) is 26.2 Å². The predicted octanol–water partition coefficient (Wildman–Crippen LogP) is -0.454. The first-order valence-corrected chi connectivity index (χ1v) is 5.49. The number of hydrogen-bond acceptors (Lipinski definition) is 3. The fourth-order valence-electron chi connectivity index (χ4n) is 1.80. The summed E-state index contributed by atoms with van der Waals surface area (Å²) in [5.41, 5.74) is 5.52. The van der Waals surface area contributed by atoms with Gasteiger partial charge in [0.25, 0.3) is 0 Å². The SMILES string of the molecule is NCC1CN(CCC(=O)NC2CC2)C1. The van der Waals surface area contributed by atoms with Gasteiger partial charge in [0.15, 0.2) is 0 Å². The molecule has 0 bridgehead atoms. The molecule has 1 aliphatic carbocycles. The monoisotopic (exact) mass is 197 g/mol. The maximum absolute atomic E-state index is 11.3. The number of likely N-dealkylation sites (tertiary alicyclic amines) is 1. The molecule has 2 aliphatic rings. The van der Waals surface area contributed by atoms with E-state index < -0.39 is 0 Å². The second kappa shape index (κ2) is 4.28. The Morgan fingerprint density at radius 3 is 2.71 bits per heavy atom. The van der Waals surface area contributed by atoms with Gasteiger partial charge >= 0.3 is 0 Å². The molecule has 0 spiro atoms. The van der Waals surface area contributed by atoms with Crippen LogP contribution in [0.4, 0.5) is 0 Å². The summed E-state index contributed by atoms with van der Waals surface area (Å²) in [5, 5.41) is 2.99. The lowest BCUT2D eigenvalue weighted by atomic mass is 10.0. The molecule has 4 nitrogen and oxygen atoms in total. The van der Waals surface area contributed by atoms with Crippen LogP contribution in [0.1, 0.15) is 19.3 Å². The molecule has 2 fully saturated rings. The number of amides is 1. The van der Waals surface area contributed by atoms with Gasteiger partial charge in [0.1, 0.15) is 0 Å². The van der Waals surface area contributed by atoms with Crippen molar-refractivity contribution in [3.63, 3.8) is 0 Å². The van der Waals surface area contributed by atoms with Crippen LogP contribution in [0.25, 0.3) is 0 Å². The van der Waals surface area contributed by atoms with Gasteiger partial charge in [0, 0.05) is 32.1 Å². The normalized spacial score (nSPS) is 23.2. The number of nitrogens with zero attached hydrogens (tertiary/aromatic N) is 1. The molecule has 4 heteroatoms. The zero-order valence-corrected chi connectivity index (χ0v) is 8.54. The third-order valence-corrected chi connectivity index (χ3v) is 2.96. The molecule has 3 N–H and O–H groups in total. The highest BCUT2D eigenvalue weighted by Gasteiger charge is 2.26. The van der Waals surface area contributed by atoms with Crippen LogP contribution in [0.3, 0.4) is 0 Å². The lowest BCUT2D eigenvalue weighted by Gasteiger charge is -2.38. The minimum atomic E-state index is 0.212. The third-order valence-electron chi connectivity index (χ3n) is 2.96. The summed E-state index contributed by atoms with van der Waals surface area (Å²) < 4.78 is 0. The summed E-state index contributed by atoms with van der Waals surface area (Å²) in [6.45, 7) is 3.83. The van der Waals surface area contributed by atoms with Crippen molar-refractivity contribution in [2.45, 2.75) is 25.3 Å². The van der Waals surface area contributed by atoms with Crippen LogP contribution in [0.15, 0.2) is 0 Å². The van der Waals surface area contributed by atoms with Crippen molar-refractivity contribution < 1.29 is 4.79 Å². The molecule has 0 aromatic rings. The summed E-state index contributed by atoms with van der Waals surface area (Å²) in [4.78, 5) is 13.6. The molecule has 80 valence electrons. The lowest BCUT2D eigenvalue weighted by molar-refractivity contribution is -0.121. The summed E-state index contributed by atoms with van der Waals surface area (Å²) in [6, 6.07) is 0.496. The standard InChI is InChI=1S/C10H19N3O/c11-5-8-6-13(7-8)4-3-10(14)12-9-1-2-9/h8-9H,1-7,11H2,(H,12,14). The number of nitrogens with two attached hydrogens (primary N) is 1. The van der Waals surface area contributed by atoms with Gasteiger partial charge in [0.05, 0.1) is 0 Å². The van der Waals surface area contributed by atoms with E-state index >= 15 is 0 Å². The molecule has 1 saturated heterocycles. The first-order chi connectivity index (χ1) is 6.78. The van der Waals surface area contributed by atoms with E-state index in [1.807, 2.05) is 0 Å². The molecule has 0 aromatic heterocycles. The molecule has 0 unspecified atom stereocenters. The van der Waals surface area contributed by atoms with Gasteiger partial charge in [0.2, 0.25) is 5.91 Å². The molecule has 2 rings (SSSR count). The Labute approximate surface area is 84.8 Å². The summed E-state index contributed by atoms with van der Waals surface area (Å²) in [7, 11) is 0. The first-order valence-electron chi connectivity index (χ1n) is 5.49. The average Bonchev–Trinajstić information content (AvgIpc) is 2.86. The molecule has 14 heavy (non-hydrogen) atoms. The fourth-order valence-corrected chi connectivity index (χ4v) is 1.80. The van der Waals surface area contributed by atoms with Crippen molar-refractivity contribution in [2.24, 2.45) is 11.7 Å². The van der Waals surface area contributed by atoms with Crippen molar-refractivity contribution in [3.05, 3.63) is 0 Å². The van der Waals surface area contributed by atoms with Gasteiger partial charge in [-0.3, -0.25) is 4.79 Å². The Morgan fingerprint density at radius 2 is 2.14 bits per heavy atom. The van der Waals surface area contributed by atoms with Crippen LogP contribution in [-0.2, 0) is 4.79 Å². The molecule has 1 amide bonds. The molecule has 1 heterocycles. The summed E-state index contributed by atoms with van der Waals surface area (Å²) >= 11 is 0. The van der Waals surface area contributed by atoms with Crippen molar-refractivity contribution >= 4 is 5.91 Å². The average molecular weight is 197 g/mol. The number of hydrogen-bond donors (Lipinski definition) is 2. The van der Waals surface area contributed by atoms with Gasteiger partial charge in [-0.1, -0.05) is 0 Å². The maximum atomic E-state index is 11.3. The Kier molecular flexibility index (Phi) is 3.03. The van der Waals surface area contributed by atoms with Crippen LogP contribution in [0, 0.1) is 5.92 Å². The Hall–Kier alpha value is -0.610. The minimum Gasteiger partial charge on any atom is -0.353 e. The minimum absolute atomic E-state index is 0.212. The molecule has 1 saturated carbocycles. The van der Waals surface area contributed by atoms with E-state index in [1.165, 1.54) is 12.8 Å². The predicted molar refractivity (Wildman–Crippen MR) is 54.8 cm³/mol. The third kappa shape index (κ3) is 2.69. The van der Waals surface area contributed by atoms with Crippen molar-refractivity contribution in [3.8, 4) is 0 Å². The fraction of sp³-hybridized carbons (Fsp3) is 0.900. The number of nitrogens with one attached hydrogen (secondary N) is 1. The summed E-state index contributed by atoms with van der Waals surface area (Å²) in [5.74, 6) is 0.880. The second-order valence-electron chi connectivity index (χ2n) is 4.45. The van der Waals surface area contributed by atoms with E-state index in [0.717, 1.165) is 26.2 Å². The van der Waals surface area contributed by atoms with Crippen molar-refractivity contribution in [1.29, 1.82) is 0 Å². The highest BCUT2D eigenvalue weighted by atomic mass is 16.1. The molecule has 0 radical (unpaired) electrons. The largest absolute Gasteiger partial charge is 0.353 e. The van der Waals surface area contributed by atoms with E-state index in [0.29, 0.717) is 18.4 Å². The number of carbonyl (C=O) groups is 1. The van der Waals surface area contributed by atoms with E-state index in [1.54, 1.807) is 0 Å². The smallest absolute Gasteiger partial charge is 0.221 e. The zero-order valence-electron chi connectivity index (χ0n) is 8.54. The van der Waals surface area contributed by atoms with Crippen LogP contribution in [0.2, 0.25) is 0 Å². The second-order valence-corrected chi connectivity index (χ2v) is 4.45. The number of carbonyl (C=O) groups excluding carboxylic acids is 1. The van der Waals surface area contributed by atoms with Gasteiger partial charge < -0.3 is 16.0 Å². The van der Waals surface area contributed by atoms with E-state index in [-0.39, 0.29) is 5.91 Å². The van der Waals surface area contributed by atoms with E-state index in [2.05, 4.69) is 10.2 Å². The molecule has 0 atom stereocenters. The first kappa shape index (κ1) is 9.93. The van der Waals surface area contributed by atoms with E-state index in [9.17, 15) is 4.79 Å². The highest BCUT2D eigenvalue weighted by Crippen LogP contribution is 2.19. The van der Waals surface area contributed by atoms with Crippen molar-refractivity contribution in [1.82, 2.24) is 10.2 Å². The Balaban J connectivity index is 1.52. The molecule has 0 aromatic carbocycles. The molecular weight excluding hydrogens is 178 g/mol. The Morgan fingerprint density at radius 1 is 1.43 bits per heavy atom. The quantitative estimate of drug-likeness (QED) is 0.627. The number of rotatable bonds is 5.